The van der Waals surface area contributed by atoms with Gasteiger partial charge in [0.25, 0.3) is 5.91 Å². The zero-order valence-corrected chi connectivity index (χ0v) is 16.0. The van der Waals surface area contributed by atoms with E-state index in [-0.39, 0.29) is 6.67 Å². The van der Waals surface area contributed by atoms with Crippen LogP contribution in [0.15, 0.2) is 30.3 Å². The van der Waals surface area contributed by atoms with E-state index in [1.54, 1.807) is 50.6 Å². The normalized spacial score (nSPS) is 15.2. The largest absolute Gasteiger partial charge is 0.481 e. The van der Waals surface area contributed by atoms with E-state index in [9.17, 15) is 19.4 Å². The highest BCUT2D eigenvalue weighted by Crippen LogP contribution is 2.51. The number of carbonyl (C=O) groups is 2. The van der Waals surface area contributed by atoms with Crippen molar-refractivity contribution >= 4 is 19.0 Å². The standard InChI is InChI=1S/C17H27N2O5P/c1-5-17(2,25(3,4)24)18-12-19(23)16(22)14(11-15(20)21)13-9-7-6-8-10-13/h6-10,14,18,23H,5,11-12H2,1-4H3,(H,20,21). The number of aliphatic carboxylic acids is 1. The summed E-state index contributed by atoms with van der Waals surface area (Å²) in [6.45, 7) is 6.69. The number of carboxylic acid groups (broad SMARTS) is 1. The molecular formula is C17H27N2O5P. The molecular weight excluding hydrogens is 343 g/mol. The maximum atomic E-state index is 12.5. The topological polar surface area (TPSA) is 107 Å². The summed E-state index contributed by atoms with van der Waals surface area (Å²) in [6, 6.07) is 8.47. The Bertz CT molecular complexity index is 646. The highest BCUT2D eigenvalue weighted by atomic mass is 31.2. The molecule has 0 aromatic heterocycles. The lowest BCUT2D eigenvalue weighted by molar-refractivity contribution is -0.170. The summed E-state index contributed by atoms with van der Waals surface area (Å²) in [5.74, 6) is -2.84. The first-order chi connectivity index (χ1) is 11.5. The number of hydroxylamine groups is 2. The molecule has 0 fully saturated rings. The van der Waals surface area contributed by atoms with E-state index in [2.05, 4.69) is 5.32 Å². The second kappa shape index (κ2) is 8.61. The fraction of sp³-hybridized carbons (Fsp3) is 0.529. The number of hydrogen-bond donors (Lipinski definition) is 3. The van der Waals surface area contributed by atoms with Gasteiger partial charge in [-0.25, -0.2) is 5.06 Å². The third kappa shape index (κ3) is 5.66. The monoisotopic (exact) mass is 370 g/mol. The molecule has 0 saturated heterocycles. The van der Waals surface area contributed by atoms with E-state index in [4.69, 9.17) is 5.11 Å². The molecule has 2 atom stereocenters. The van der Waals surface area contributed by atoms with Gasteiger partial charge in [-0.3, -0.25) is 20.1 Å². The molecule has 0 spiro atoms. The minimum atomic E-state index is -2.53. The maximum Gasteiger partial charge on any atom is 0.304 e. The molecule has 0 bridgehead atoms. The van der Waals surface area contributed by atoms with Crippen molar-refractivity contribution in [1.29, 1.82) is 0 Å². The zero-order chi connectivity index (χ0) is 19.3. The average molecular weight is 370 g/mol. The molecule has 0 radical (unpaired) electrons. The van der Waals surface area contributed by atoms with Crippen LogP contribution in [-0.2, 0) is 14.2 Å². The highest BCUT2D eigenvalue weighted by Gasteiger charge is 2.36. The first-order valence-corrected chi connectivity index (χ1v) is 10.7. The Kier molecular flexibility index (Phi) is 7.35. The van der Waals surface area contributed by atoms with Gasteiger partial charge in [-0.1, -0.05) is 37.3 Å². The number of amides is 1. The zero-order valence-electron chi connectivity index (χ0n) is 15.1. The number of nitrogens with one attached hydrogen (secondary N) is 1. The van der Waals surface area contributed by atoms with Crippen LogP contribution in [0.1, 0.15) is 38.2 Å². The molecule has 0 heterocycles. The van der Waals surface area contributed by atoms with Crippen LogP contribution in [0.2, 0.25) is 0 Å². The minimum absolute atomic E-state index is 0.238. The fourth-order valence-electron chi connectivity index (χ4n) is 2.41. The van der Waals surface area contributed by atoms with Gasteiger partial charge in [0.05, 0.1) is 24.3 Å². The van der Waals surface area contributed by atoms with Crippen LogP contribution in [0.25, 0.3) is 0 Å². The predicted octanol–water partition coefficient (Wildman–Crippen LogP) is 2.76. The van der Waals surface area contributed by atoms with Gasteiger partial charge in [-0.15, -0.1) is 0 Å². The third-order valence-corrected chi connectivity index (χ3v) is 7.47. The molecule has 1 amide bonds. The number of carbonyl (C=O) groups excluding carboxylic acids is 1. The van der Waals surface area contributed by atoms with Crippen LogP contribution in [0.5, 0.6) is 0 Å². The molecule has 1 aromatic rings. The van der Waals surface area contributed by atoms with Crippen molar-refractivity contribution < 1.29 is 24.5 Å². The lowest BCUT2D eigenvalue weighted by Gasteiger charge is -2.35. The summed E-state index contributed by atoms with van der Waals surface area (Å²) in [7, 11) is -2.53. The summed E-state index contributed by atoms with van der Waals surface area (Å²) in [5.41, 5.74) is 0.517. The second-order valence-electron chi connectivity index (χ2n) is 6.61. The van der Waals surface area contributed by atoms with Crippen molar-refractivity contribution in [2.45, 2.75) is 37.9 Å². The van der Waals surface area contributed by atoms with Crippen molar-refractivity contribution in [2.75, 3.05) is 20.0 Å². The number of hydrogen-bond acceptors (Lipinski definition) is 5. The quantitative estimate of drug-likeness (QED) is 0.267. The van der Waals surface area contributed by atoms with Crippen LogP contribution in [-0.4, -0.2) is 52.5 Å². The van der Waals surface area contributed by atoms with Crippen LogP contribution in [0, 0.1) is 0 Å². The van der Waals surface area contributed by atoms with Crippen LogP contribution in [0.4, 0.5) is 0 Å². The Balaban J connectivity index is 2.91. The van der Waals surface area contributed by atoms with Gasteiger partial charge in [0.2, 0.25) is 0 Å². The predicted molar refractivity (Wildman–Crippen MR) is 96.2 cm³/mol. The number of nitrogens with zero attached hydrogens (tertiary/aromatic N) is 1. The molecule has 8 heteroatoms. The number of benzene rings is 1. The summed E-state index contributed by atoms with van der Waals surface area (Å²) in [5, 5.41) is 21.9. The molecule has 0 aliphatic heterocycles. The lowest BCUT2D eigenvalue weighted by Crippen LogP contribution is -2.48. The average Bonchev–Trinajstić information content (AvgIpc) is 2.56. The van der Waals surface area contributed by atoms with Crippen molar-refractivity contribution in [2.24, 2.45) is 0 Å². The smallest absolute Gasteiger partial charge is 0.304 e. The Morgan fingerprint density at radius 3 is 2.28 bits per heavy atom. The van der Waals surface area contributed by atoms with Gasteiger partial charge in [0.1, 0.15) is 7.14 Å². The van der Waals surface area contributed by atoms with Gasteiger partial charge in [0.15, 0.2) is 0 Å². The van der Waals surface area contributed by atoms with Gasteiger partial charge in [-0.05, 0) is 32.2 Å². The molecule has 3 N–H and O–H groups in total. The summed E-state index contributed by atoms with van der Waals surface area (Å²) >= 11 is 0. The van der Waals surface area contributed by atoms with Crippen molar-refractivity contribution in [3.63, 3.8) is 0 Å². The molecule has 25 heavy (non-hydrogen) atoms. The molecule has 2 unspecified atom stereocenters. The Hall–Kier alpha value is -1.69. The van der Waals surface area contributed by atoms with Crippen molar-refractivity contribution in [3.05, 3.63) is 35.9 Å². The van der Waals surface area contributed by atoms with E-state index in [0.717, 1.165) is 0 Å². The third-order valence-electron chi connectivity index (χ3n) is 4.62. The van der Waals surface area contributed by atoms with E-state index in [1.165, 1.54) is 0 Å². The molecule has 140 valence electrons. The maximum absolute atomic E-state index is 12.5. The first-order valence-electron chi connectivity index (χ1n) is 8.09. The summed E-state index contributed by atoms with van der Waals surface area (Å²) in [6.07, 6.45) is 0.127. The van der Waals surface area contributed by atoms with Crippen LogP contribution < -0.4 is 5.32 Å². The van der Waals surface area contributed by atoms with Gasteiger partial charge < -0.3 is 9.67 Å². The van der Waals surface area contributed by atoms with Gasteiger partial charge in [0, 0.05) is 0 Å². The molecule has 0 saturated carbocycles. The lowest BCUT2D eigenvalue weighted by atomic mass is 9.95. The first kappa shape index (κ1) is 21.4. The van der Waals surface area contributed by atoms with Crippen molar-refractivity contribution in [3.8, 4) is 0 Å². The van der Waals surface area contributed by atoms with Gasteiger partial charge in [-0.2, -0.15) is 0 Å². The minimum Gasteiger partial charge on any atom is -0.481 e. The highest BCUT2D eigenvalue weighted by molar-refractivity contribution is 7.63. The Morgan fingerprint density at radius 2 is 1.84 bits per heavy atom. The van der Waals surface area contributed by atoms with E-state index in [1.807, 2.05) is 6.92 Å². The van der Waals surface area contributed by atoms with E-state index < -0.39 is 36.6 Å². The SMILES string of the molecule is CCC(C)(NCN(O)C(=O)C(CC(=O)O)c1ccccc1)P(C)(C)=O. The summed E-state index contributed by atoms with van der Waals surface area (Å²) < 4.78 is 12.4. The van der Waals surface area contributed by atoms with E-state index >= 15 is 0 Å². The number of carboxylic acids is 1. The van der Waals surface area contributed by atoms with Crippen LogP contribution in [0.3, 0.4) is 0 Å². The Morgan fingerprint density at radius 1 is 1.28 bits per heavy atom. The van der Waals surface area contributed by atoms with Gasteiger partial charge >= 0.3 is 5.97 Å². The fourth-order valence-corrected chi connectivity index (χ4v) is 3.62. The summed E-state index contributed by atoms with van der Waals surface area (Å²) in [4.78, 5) is 23.6. The molecule has 1 aromatic carbocycles. The molecule has 0 aliphatic rings. The second-order valence-corrected chi connectivity index (χ2v) is 10.3. The number of rotatable bonds is 9. The van der Waals surface area contributed by atoms with E-state index in [0.29, 0.717) is 17.0 Å². The molecule has 1 rings (SSSR count). The molecule has 7 nitrogen and oxygen atoms in total. The van der Waals surface area contributed by atoms with Crippen LogP contribution >= 0.6 is 7.14 Å². The molecule has 0 aliphatic carbocycles. The van der Waals surface area contributed by atoms with Crippen molar-refractivity contribution in [1.82, 2.24) is 10.4 Å². The Labute approximate surface area is 148 Å².